The van der Waals surface area contributed by atoms with E-state index in [-0.39, 0.29) is 5.91 Å². The van der Waals surface area contributed by atoms with Crippen LogP contribution < -0.4 is 24.3 Å². The summed E-state index contributed by atoms with van der Waals surface area (Å²) in [6.07, 6.45) is 4.98. The van der Waals surface area contributed by atoms with Crippen LogP contribution in [0.1, 0.15) is 36.2 Å². The van der Waals surface area contributed by atoms with Gasteiger partial charge in [0.2, 0.25) is 5.75 Å². The van der Waals surface area contributed by atoms with Crippen LogP contribution in [0.2, 0.25) is 0 Å². The highest BCUT2D eigenvalue weighted by Gasteiger charge is 2.22. The number of hydrogen-bond acceptors (Lipinski definition) is 5. The molecular formula is C24H28N2O5. The largest absolute Gasteiger partial charge is 0.493 e. The van der Waals surface area contributed by atoms with E-state index in [0.29, 0.717) is 34.7 Å². The van der Waals surface area contributed by atoms with Crippen molar-refractivity contribution >= 4 is 22.5 Å². The van der Waals surface area contributed by atoms with E-state index < -0.39 is 0 Å². The molecule has 1 N–H and O–H groups in total. The number of nitrogens with zero attached hydrogens (tertiary/aromatic N) is 1. The van der Waals surface area contributed by atoms with Crippen molar-refractivity contribution in [2.24, 2.45) is 7.05 Å². The summed E-state index contributed by atoms with van der Waals surface area (Å²) in [5.41, 5.74) is 1.96. The molecule has 4 rings (SSSR count). The van der Waals surface area contributed by atoms with Crippen LogP contribution in [0.4, 0.5) is 5.69 Å². The second-order valence-corrected chi connectivity index (χ2v) is 7.67. The number of aromatic nitrogens is 1. The van der Waals surface area contributed by atoms with Gasteiger partial charge in [-0.25, -0.2) is 0 Å². The molecule has 1 aliphatic carbocycles. The molecule has 0 spiro atoms. The number of anilines is 1. The lowest BCUT2D eigenvalue weighted by Gasteiger charge is -2.14. The Morgan fingerprint density at radius 2 is 1.65 bits per heavy atom. The molecule has 0 bridgehead atoms. The molecule has 0 aliphatic heterocycles. The zero-order chi connectivity index (χ0) is 22.0. The molecule has 0 atom stereocenters. The third-order valence-electron chi connectivity index (χ3n) is 5.77. The minimum atomic E-state index is -0.219. The molecule has 1 amide bonds. The SMILES string of the molecule is COc1cc2cc(C(=O)Nc3ccc(OC4CCCC4)cc3)n(C)c2c(OC)c1OC. The van der Waals surface area contributed by atoms with Crippen molar-refractivity contribution < 1.29 is 23.7 Å². The molecule has 7 nitrogen and oxygen atoms in total. The van der Waals surface area contributed by atoms with Gasteiger partial charge in [-0.05, 0) is 62.1 Å². The number of fused-ring (bicyclic) bond motifs is 1. The van der Waals surface area contributed by atoms with Crippen LogP contribution in [-0.4, -0.2) is 37.9 Å². The molecular weight excluding hydrogens is 396 g/mol. The quantitative estimate of drug-likeness (QED) is 0.591. The van der Waals surface area contributed by atoms with Crippen LogP contribution >= 0.6 is 0 Å². The highest BCUT2D eigenvalue weighted by atomic mass is 16.5. The second-order valence-electron chi connectivity index (χ2n) is 7.67. The van der Waals surface area contributed by atoms with E-state index in [1.807, 2.05) is 43.4 Å². The molecule has 0 radical (unpaired) electrons. The number of amides is 1. The van der Waals surface area contributed by atoms with Crippen molar-refractivity contribution in [1.29, 1.82) is 0 Å². The number of hydrogen-bond donors (Lipinski definition) is 1. The van der Waals surface area contributed by atoms with Gasteiger partial charge in [-0.1, -0.05) is 0 Å². The molecule has 7 heteroatoms. The summed E-state index contributed by atoms with van der Waals surface area (Å²) in [5, 5.41) is 3.78. The van der Waals surface area contributed by atoms with E-state index in [1.165, 1.54) is 12.8 Å². The summed E-state index contributed by atoms with van der Waals surface area (Å²) in [4.78, 5) is 13.0. The Kier molecular flexibility index (Phi) is 5.93. The van der Waals surface area contributed by atoms with E-state index in [9.17, 15) is 4.79 Å². The first kappa shape index (κ1) is 20.9. The van der Waals surface area contributed by atoms with E-state index in [0.717, 1.165) is 29.5 Å². The molecule has 2 aromatic carbocycles. The van der Waals surface area contributed by atoms with Gasteiger partial charge in [-0.15, -0.1) is 0 Å². The minimum absolute atomic E-state index is 0.219. The van der Waals surface area contributed by atoms with Crippen molar-refractivity contribution in [3.8, 4) is 23.0 Å². The molecule has 0 unspecified atom stereocenters. The number of carbonyl (C=O) groups is 1. The van der Waals surface area contributed by atoms with Gasteiger partial charge in [0.25, 0.3) is 5.91 Å². The maximum atomic E-state index is 13.0. The summed E-state index contributed by atoms with van der Waals surface area (Å²) in [7, 11) is 6.52. The average molecular weight is 424 g/mol. The van der Waals surface area contributed by atoms with Gasteiger partial charge in [0, 0.05) is 18.1 Å². The summed E-state index contributed by atoms with van der Waals surface area (Å²) in [6.45, 7) is 0. The first-order valence-electron chi connectivity index (χ1n) is 10.4. The molecule has 0 saturated heterocycles. The Labute approximate surface area is 181 Å². The number of rotatable bonds is 7. The fourth-order valence-corrected chi connectivity index (χ4v) is 4.21. The van der Waals surface area contributed by atoms with Crippen molar-refractivity contribution in [2.75, 3.05) is 26.6 Å². The van der Waals surface area contributed by atoms with Gasteiger partial charge in [-0.2, -0.15) is 0 Å². The summed E-state index contributed by atoms with van der Waals surface area (Å²) < 4.78 is 24.3. The molecule has 3 aromatic rings. The number of carbonyl (C=O) groups excluding carboxylic acids is 1. The third-order valence-corrected chi connectivity index (χ3v) is 5.77. The smallest absolute Gasteiger partial charge is 0.272 e. The molecule has 1 saturated carbocycles. The maximum absolute atomic E-state index is 13.0. The summed E-state index contributed by atoms with van der Waals surface area (Å²) in [5.74, 6) is 2.17. The van der Waals surface area contributed by atoms with Gasteiger partial charge in [0.1, 0.15) is 11.4 Å². The Morgan fingerprint density at radius 1 is 0.968 bits per heavy atom. The van der Waals surface area contributed by atoms with Gasteiger partial charge >= 0.3 is 0 Å². The van der Waals surface area contributed by atoms with E-state index >= 15 is 0 Å². The Hall–Kier alpha value is -3.35. The zero-order valence-electron chi connectivity index (χ0n) is 18.4. The topological polar surface area (TPSA) is 71.0 Å². The molecule has 1 heterocycles. The fourth-order valence-electron chi connectivity index (χ4n) is 4.21. The van der Waals surface area contributed by atoms with Crippen molar-refractivity contribution in [1.82, 2.24) is 4.57 Å². The first-order valence-corrected chi connectivity index (χ1v) is 10.4. The molecule has 164 valence electrons. The predicted octanol–water partition coefficient (Wildman–Crippen LogP) is 4.78. The van der Waals surface area contributed by atoms with Crippen LogP contribution in [0.15, 0.2) is 36.4 Å². The molecule has 1 aromatic heterocycles. The highest BCUT2D eigenvalue weighted by molar-refractivity contribution is 6.07. The molecule has 31 heavy (non-hydrogen) atoms. The van der Waals surface area contributed by atoms with Crippen LogP contribution in [0.3, 0.4) is 0 Å². The zero-order valence-corrected chi connectivity index (χ0v) is 18.4. The Balaban J connectivity index is 1.58. The average Bonchev–Trinajstić information content (AvgIpc) is 3.41. The van der Waals surface area contributed by atoms with Gasteiger partial charge in [0.05, 0.1) is 33.0 Å². The predicted molar refractivity (Wildman–Crippen MR) is 120 cm³/mol. The lowest BCUT2D eigenvalue weighted by Crippen LogP contribution is -2.15. The fraction of sp³-hybridized carbons (Fsp3) is 0.375. The van der Waals surface area contributed by atoms with Gasteiger partial charge < -0.3 is 28.8 Å². The maximum Gasteiger partial charge on any atom is 0.272 e. The van der Waals surface area contributed by atoms with Gasteiger partial charge in [-0.3, -0.25) is 4.79 Å². The van der Waals surface area contributed by atoms with E-state index in [1.54, 1.807) is 25.9 Å². The lowest BCUT2D eigenvalue weighted by atomic mass is 10.2. The van der Waals surface area contributed by atoms with Crippen molar-refractivity contribution in [3.05, 3.63) is 42.1 Å². The van der Waals surface area contributed by atoms with Crippen molar-refractivity contribution in [3.63, 3.8) is 0 Å². The lowest BCUT2D eigenvalue weighted by molar-refractivity contribution is 0.101. The number of nitrogens with one attached hydrogen (secondary N) is 1. The highest BCUT2D eigenvalue weighted by Crippen LogP contribution is 2.44. The van der Waals surface area contributed by atoms with Crippen LogP contribution in [0.25, 0.3) is 10.9 Å². The van der Waals surface area contributed by atoms with E-state index in [2.05, 4.69) is 5.32 Å². The number of ether oxygens (including phenoxy) is 4. The Bertz CT molecular complexity index is 1080. The number of benzene rings is 2. The summed E-state index contributed by atoms with van der Waals surface area (Å²) >= 11 is 0. The summed E-state index contributed by atoms with van der Waals surface area (Å²) in [6, 6.07) is 11.2. The molecule has 1 fully saturated rings. The molecule has 1 aliphatic rings. The van der Waals surface area contributed by atoms with Gasteiger partial charge in [0.15, 0.2) is 11.5 Å². The number of methoxy groups -OCH3 is 3. The normalized spacial score (nSPS) is 13.9. The monoisotopic (exact) mass is 424 g/mol. The van der Waals surface area contributed by atoms with Crippen LogP contribution in [0.5, 0.6) is 23.0 Å². The second kappa shape index (κ2) is 8.79. The Morgan fingerprint density at radius 3 is 2.26 bits per heavy atom. The van der Waals surface area contributed by atoms with E-state index in [4.69, 9.17) is 18.9 Å². The first-order chi connectivity index (χ1) is 15.0. The standard InChI is InChI=1S/C24H28N2O5/c1-26-19(13-15-14-20(28-2)22(29-3)23(30-4)21(15)26)24(27)25-16-9-11-18(12-10-16)31-17-7-5-6-8-17/h9-14,17H,5-8H2,1-4H3,(H,25,27). The third kappa shape index (κ3) is 4.00. The number of aryl methyl sites for hydroxylation is 1. The van der Waals surface area contributed by atoms with Crippen molar-refractivity contribution in [2.45, 2.75) is 31.8 Å². The van der Waals surface area contributed by atoms with Crippen LogP contribution in [0, 0.1) is 0 Å². The minimum Gasteiger partial charge on any atom is -0.493 e. The van der Waals surface area contributed by atoms with Crippen LogP contribution in [-0.2, 0) is 7.05 Å².